The normalized spacial score (nSPS) is 22.8. The maximum Gasteiger partial charge on any atom is 0.222 e. The van der Waals surface area contributed by atoms with Gasteiger partial charge in [0.2, 0.25) is 5.91 Å². The van der Waals surface area contributed by atoms with Crippen LogP contribution in [0.25, 0.3) is 0 Å². The third kappa shape index (κ3) is 3.04. The van der Waals surface area contributed by atoms with Crippen LogP contribution in [0.1, 0.15) is 12.8 Å². The fourth-order valence-corrected chi connectivity index (χ4v) is 1.84. The Morgan fingerprint density at radius 3 is 2.75 bits per heavy atom. The summed E-state index contributed by atoms with van der Waals surface area (Å²) in [6.07, 6.45) is 1.41. The highest BCUT2D eigenvalue weighted by Crippen LogP contribution is 2.08. The van der Waals surface area contributed by atoms with E-state index in [1.807, 2.05) is 0 Å². The van der Waals surface area contributed by atoms with Crippen molar-refractivity contribution in [2.24, 2.45) is 0 Å². The molecular weight excluding hydrogens is 198 g/mol. The summed E-state index contributed by atoms with van der Waals surface area (Å²) in [5.74, 6) is 0.0716. The van der Waals surface area contributed by atoms with Gasteiger partial charge in [-0.15, -0.1) is 0 Å². The lowest BCUT2D eigenvalue weighted by Gasteiger charge is -2.14. The van der Waals surface area contributed by atoms with Gasteiger partial charge in [0.25, 0.3) is 0 Å². The Morgan fingerprint density at radius 2 is 2.33 bits per heavy atom. The summed E-state index contributed by atoms with van der Waals surface area (Å²) >= 11 is 4.30. The van der Waals surface area contributed by atoms with Crippen molar-refractivity contribution < 1.29 is 13.6 Å². The first-order valence-corrected chi connectivity index (χ1v) is 6.33. The van der Waals surface area contributed by atoms with Crippen LogP contribution in [0.2, 0.25) is 0 Å². The minimum Gasteiger partial charge on any atom is -0.342 e. The number of hydrogen-bond donors (Lipinski definition) is 1. The molecule has 1 rings (SSSR count). The summed E-state index contributed by atoms with van der Waals surface area (Å²) in [6, 6.07) is 0. The first-order chi connectivity index (χ1) is 5.49. The Labute approximate surface area is 76.4 Å². The Balaban J connectivity index is 2.37. The van der Waals surface area contributed by atoms with Crippen molar-refractivity contribution in [3.8, 4) is 0 Å². The zero-order valence-electron chi connectivity index (χ0n) is 6.56. The highest BCUT2D eigenvalue weighted by atomic mass is 32.8. The fraction of sp³-hybridized carbons (Fsp3) is 0.833. The quantitative estimate of drug-likeness (QED) is 0.701. The van der Waals surface area contributed by atoms with E-state index in [0.717, 1.165) is 6.42 Å². The maximum atomic E-state index is 11.0. The summed E-state index contributed by atoms with van der Waals surface area (Å²) in [5, 5.41) is 0. The number of hydrogen-bond acceptors (Lipinski definition) is 3. The van der Waals surface area contributed by atoms with Gasteiger partial charge in [-0.05, 0) is 6.42 Å². The molecule has 0 spiro atoms. The molecule has 0 aromatic rings. The second kappa shape index (κ2) is 3.68. The van der Waals surface area contributed by atoms with E-state index < -0.39 is 8.77 Å². The van der Waals surface area contributed by atoms with Gasteiger partial charge in [-0.2, -0.15) is 0 Å². The van der Waals surface area contributed by atoms with Crippen molar-refractivity contribution in [3.05, 3.63) is 0 Å². The van der Waals surface area contributed by atoms with Crippen LogP contribution in [0.15, 0.2) is 0 Å². The van der Waals surface area contributed by atoms with Gasteiger partial charge in [0.1, 0.15) is 8.77 Å². The summed E-state index contributed by atoms with van der Waals surface area (Å²) in [5.41, 5.74) is 0. The van der Waals surface area contributed by atoms with Crippen molar-refractivity contribution in [3.63, 3.8) is 0 Å². The van der Waals surface area contributed by atoms with Crippen molar-refractivity contribution in [2.75, 3.05) is 18.8 Å². The molecule has 1 heterocycles. The molecule has 1 atom stereocenters. The molecule has 0 aromatic heterocycles. The molecule has 70 valence electrons. The Hall–Kier alpha value is -0.200. The van der Waals surface area contributed by atoms with Gasteiger partial charge in [-0.25, -0.2) is 4.21 Å². The number of carbonyl (C=O) groups excluding carboxylic acids is 1. The van der Waals surface area contributed by atoms with Gasteiger partial charge in [-0.3, -0.25) is 4.79 Å². The van der Waals surface area contributed by atoms with Crippen LogP contribution >= 0.6 is 0 Å². The lowest BCUT2D eigenvalue weighted by Crippen LogP contribution is -2.29. The van der Waals surface area contributed by atoms with E-state index in [4.69, 9.17) is 4.55 Å². The highest BCUT2D eigenvalue weighted by Gasteiger charge is 2.20. The monoisotopic (exact) mass is 209 g/mol. The second-order valence-corrected chi connectivity index (χ2v) is 5.91. The molecule has 1 N–H and O–H groups in total. The zero-order chi connectivity index (χ0) is 9.19. The van der Waals surface area contributed by atoms with Crippen molar-refractivity contribution in [1.29, 1.82) is 0 Å². The van der Waals surface area contributed by atoms with Crippen LogP contribution in [-0.4, -0.2) is 38.4 Å². The molecule has 0 aromatic carbocycles. The van der Waals surface area contributed by atoms with Gasteiger partial charge in [-0.1, -0.05) is 0 Å². The summed E-state index contributed by atoms with van der Waals surface area (Å²) < 4.78 is 19.5. The predicted molar refractivity (Wildman–Crippen MR) is 48.8 cm³/mol. The minimum atomic E-state index is -3.10. The van der Waals surface area contributed by atoms with Gasteiger partial charge < -0.3 is 9.45 Å². The van der Waals surface area contributed by atoms with E-state index in [-0.39, 0.29) is 11.7 Å². The molecule has 1 unspecified atom stereocenters. The van der Waals surface area contributed by atoms with Crippen LogP contribution in [0.5, 0.6) is 0 Å². The Kier molecular flexibility index (Phi) is 3.03. The van der Waals surface area contributed by atoms with Crippen LogP contribution in [0.4, 0.5) is 0 Å². The molecule has 0 saturated carbocycles. The largest absolute Gasteiger partial charge is 0.342 e. The third-order valence-electron chi connectivity index (χ3n) is 1.79. The summed E-state index contributed by atoms with van der Waals surface area (Å²) in [4.78, 5) is 12.6. The lowest BCUT2D eigenvalue weighted by molar-refractivity contribution is -0.127. The van der Waals surface area contributed by atoms with E-state index in [1.54, 1.807) is 4.90 Å². The van der Waals surface area contributed by atoms with E-state index in [0.29, 0.717) is 19.5 Å². The molecule has 1 fully saturated rings. The number of carbonyl (C=O) groups is 1. The average molecular weight is 209 g/mol. The average Bonchev–Trinajstić information content (AvgIpc) is 2.29. The van der Waals surface area contributed by atoms with Crippen LogP contribution in [-0.2, 0) is 24.8 Å². The first-order valence-electron chi connectivity index (χ1n) is 3.72. The first kappa shape index (κ1) is 9.88. The van der Waals surface area contributed by atoms with Gasteiger partial charge in [0, 0.05) is 30.7 Å². The molecule has 4 nitrogen and oxygen atoms in total. The minimum absolute atomic E-state index is 0.00801. The van der Waals surface area contributed by atoms with Gasteiger partial charge in [0.05, 0.1) is 5.75 Å². The van der Waals surface area contributed by atoms with Gasteiger partial charge >= 0.3 is 0 Å². The Bertz CT molecular complexity index is 273. The summed E-state index contributed by atoms with van der Waals surface area (Å²) in [6.45, 7) is 1.02. The molecule has 6 heteroatoms. The van der Waals surface area contributed by atoms with Crippen LogP contribution in [0, 0.1) is 0 Å². The zero-order valence-corrected chi connectivity index (χ0v) is 8.20. The number of amides is 1. The smallest absolute Gasteiger partial charge is 0.222 e. The molecule has 1 aliphatic heterocycles. The van der Waals surface area contributed by atoms with Crippen molar-refractivity contribution in [2.45, 2.75) is 12.8 Å². The summed E-state index contributed by atoms with van der Waals surface area (Å²) in [7, 11) is -3.10. The molecule has 12 heavy (non-hydrogen) atoms. The number of likely N-dealkylation sites (tertiary alicyclic amines) is 1. The fourth-order valence-electron chi connectivity index (χ4n) is 1.17. The Morgan fingerprint density at radius 1 is 1.67 bits per heavy atom. The van der Waals surface area contributed by atoms with Crippen LogP contribution in [0.3, 0.4) is 0 Å². The van der Waals surface area contributed by atoms with Gasteiger partial charge in [0.15, 0.2) is 0 Å². The van der Waals surface area contributed by atoms with Crippen molar-refractivity contribution >= 4 is 25.9 Å². The molecule has 0 radical (unpaired) electrons. The topological polar surface area (TPSA) is 57.6 Å². The molecule has 0 bridgehead atoms. The van der Waals surface area contributed by atoms with Crippen LogP contribution < -0.4 is 0 Å². The SMILES string of the molecule is O=C1CCCN1CCS(=O)(O)=S. The lowest BCUT2D eigenvalue weighted by atomic mass is 10.4. The highest BCUT2D eigenvalue weighted by molar-refractivity contribution is 8.29. The van der Waals surface area contributed by atoms with E-state index in [1.165, 1.54) is 0 Å². The standard InChI is InChI=1S/C6H11NO3S2/c8-6-2-1-3-7(6)4-5-12(9,10)11/h1-5H2,(H,9,10,11). The molecule has 1 aliphatic rings. The van der Waals surface area contributed by atoms with Crippen molar-refractivity contribution in [1.82, 2.24) is 4.90 Å². The predicted octanol–water partition coefficient (Wildman–Crippen LogP) is -0.172. The molecule has 0 aliphatic carbocycles. The van der Waals surface area contributed by atoms with E-state index in [2.05, 4.69) is 11.2 Å². The third-order valence-corrected chi connectivity index (χ3v) is 2.99. The molecule has 1 amide bonds. The maximum absolute atomic E-state index is 11.0. The number of nitrogens with zero attached hydrogens (tertiary/aromatic N) is 1. The van der Waals surface area contributed by atoms with E-state index in [9.17, 15) is 9.00 Å². The molecular formula is C6H11NO3S2. The molecule has 1 saturated heterocycles. The number of rotatable bonds is 3. The van der Waals surface area contributed by atoms with E-state index >= 15 is 0 Å². The second-order valence-electron chi connectivity index (χ2n) is 2.77.